The average molecular weight is 236 g/mol. The summed E-state index contributed by atoms with van der Waals surface area (Å²) in [6.45, 7) is 0. The molecule has 0 amide bonds. The van der Waals surface area contributed by atoms with Gasteiger partial charge in [0.05, 0.1) is 0 Å². The fourth-order valence-corrected chi connectivity index (χ4v) is 7.41. The minimum Gasteiger partial charge on any atom is -0.120 e. The van der Waals surface area contributed by atoms with Crippen molar-refractivity contribution < 1.29 is 0 Å². The van der Waals surface area contributed by atoms with Crippen molar-refractivity contribution in [1.29, 1.82) is 0 Å². The van der Waals surface area contributed by atoms with Gasteiger partial charge < -0.3 is 0 Å². The molecule has 0 aromatic carbocycles. The topological polar surface area (TPSA) is 0 Å². The van der Waals surface area contributed by atoms with Gasteiger partial charge in [-0.1, -0.05) is 11.8 Å². The van der Waals surface area contributed by atoms with Crippen LogP contribution in [0.2, 0.25) is 0 Å². The Labute approximate surface area is 110 Å². The van der Waals surface area contributed by atoms with Gasteiger partial charge in [-0.2, -0.15) is 0 Å². The highest BCUT2D eigenvalue weighted by molar-refractivity contribution is 5.31. The van der Waals surface area contributed by atoms with Crippen LogP contribution in [0.5, 0.6) is 0 Å². The third-order valence-corrected chi connectivity index (χ3v) is 7.72. The third kappa shape index (κ3) is 0.807. The molecule has 0 aromatic heterocycles. The zero-order valence-corrected chi connectivity index (χ0v) is 10.9. The van der Waals surface area contributed by atoms with Gasteiger partial charge >= 0.3 is 0 Å². The summed E-state index contributed by atoms with van der Waals surface area (Å²) in [4.78, 5) is 0. The molecule has 7 fully saturated rings. The SMILES string of the molecule is C#CC12CC3C4CC5CC3C(C1)C(C#C)(C5)C4C2. The van der Waals surface area contributed by atoms with Crippen molar-refractivity contribution in [1.82, 2.24) is 0 Å². The lowest BCUT2D eigenvalue weighted by Crippen LogP contribution is -2.69. The predicted molar refractivity (Wildman–Crippen MR) is 71.2 cm³/mol. The molecule has 92 valence electrons. The van der Waals surface area contributed by atoms with E-state index in [1.54, 1.807) is 0 Å². The number of terminal acetylenes is 2. The summed E-state index contributed by atoms with van der Waals surface area (Å²) in [7, 11) is 0. The molecule has 0 N–H and O–H groups in total. The van der Waals surface area contributed by atoms with E-state index in [9.17, 15) is 0 Å². The van der Waals surface area contributed by atoms with Gasteiger partial charge in [-0.25, -0.2) is 0 Å². The molecule has 7 saturated carbocycles. The first-order valence-corrected chi connectivity index (χ1v) is 7.67. The minimum atomic E-state index is 0.248. The average Bonchev–Trinajstić information content (AvgIpc) is 2.43. The van der Waals surface area contributed by atoms with E-state index < -0.39 is 0 Å². The summed E-state index contributed by atoms with van der Waals surface area (Å²) >= 11 is 0. The van der Waals surface area contributed by atoms with Crippen LogP contribution in [-0.2, 0) is 0 Å². The largest absolute Gasteiger partial charge is 0.120 e. The van der Waals surface area contributed by atoms with Crippen LogP contribution in [0.3, 0.4) is 0 Å². The van der Waals surface area contributed by atoms with Gasteiger partial charge in [0.1, 0.15) is 0 Å². The van der Waals surface area contributed by atoms with E-state index in [-0.39, 0.29) is 10.8 Å². The Balaban J connectivity index is 1.73. The maximum Gasteiger partial charge on any atom is 0.0377 e. The predicted octanol–water partition coefficient (Wildman–Crippen LogP) is 3.33. The van der Waals surface area contributed by atoms with Crippen LogP contribution in [0.1, 0.15) is 38.5 Å². The monoisotopic (exact) mass is 236 g/mol. The van der Waals surface area contributed by atoms with Crippen LogP contribution in [0.4, 0.5) is 0 Å². The Kier molecular flexibility index (Phi) is 1.48. The highest BCUT2D eigenvalue weighted by Gasteiger charge is 2.72. The van der Waals surface area contributed by atoms with Gasteiger partial charge in [-0.15, -0.1) is 12.8 Å². The molecule has 8 bridgehead atoms. The van der Waals surface area contributed by atoms with Crippen molar-refractivity contribution >= 4 is 0 Å². The Morgan fingerprint density at radius 3 is 2.00 bits per heavy atom. The summed E-state index contributed by atoms with van der Waals surface area (Å²) in [5.41, 5.74) is 0.519. The highest BCUT2D eigenvalue weighted by atomic mass is 14.7. The van der Waals surface area contributed by atoms with E-state index in [1.165, 1.54) is 38.5 Å². The Bertz CT molecular complexity index is 489. The van der Waals surface area contributed by atoms with E-state index in [1.807, 2.05) is 0 Å². The van der Waals surface area contributed by atoms with Crippen molar-refractivity contribution in [3.05, 3.63) is 0 Å². The fraction of sp³-hybridized carbons (Fsp3) is 0.778. The lowest BCUT2D eigenvalue weighted by Gasteiger charge is -2.75. The Morgan fingerprint density at radius 1 is 0.778 bits per heavy atom. The summed E-state index contributed by atoms with van der Waals surface area (Å²) < 4.78 is 0. The second-order valence-corrected chi connectivity index (χ2v) is 7.97. The van der Waals surface area contributed by atoms with Gasteiger partial charge in [0.25, 0.3) is 0 Å². The van der Waals surface area contributed by atoms with Crippen LogP contribution in [0, 0.1) is 71.0 Å². The molecule has 18 heavy (non-hydrogen) atoms. The molecule has 7 aliphatic carbocycles. The number of hydrogen-bond acceptors (Lipinski definition) is 0. The normalized spacial score (nSPS) is 65.9. The van der Waals surface area contributed by atoms with Gasteiger partial charge in [-0.05, 0) is 74.0 Å². The molecule has 0 radical (unpaired) electrons. The molecule has 0 spiro atoms. The summed E-state index contributed by atoms with van der Waals surface area (Å²) in [6.07, 6.45) is 20.1. The standard InChI is InChI=1S/C18H20/c1-3-17-8-14-12-5-11-6-13(14)16(10-17)18(4-2,7-11)15(12)9-17/h1-2,11-16H,5-10H2. The first-order valence-electron chi connectivity index (χ1n) is 7.67. The van der Waals surface area contributed by atoms with Gasteiger partial charge in [0, 0.05) is 10.8 Å². The number of hydrogen-bond donors (Lipinski definition) is 0. The molecule has 7 rings (SSSR count). The summed E-state index contributed by atoms with van der Waals surface area (Å²) in [5.74, 6) is 11.9. The molecular weight excluding hydrogens is 216 g/mol. The fourth-order valence-electron chi connectivity index (χ4n) is 7.41. The lowest BCUT2D eigenvalue weighted by molar-refractivity contribution is -0.246. The second-order valence-electron chi connectivity index (χ2n) is 7.97. The number of rotatable bonds is 0. The van der Waals surface area contributed by atoms with Crippen LogP contribution in [0.15, 0.2) is 0 Å². The van der Waals surface area contributed by atoms with E-state index in [0.29, 0.717) is 0 Å². The van der Waals surface area contributed by atoms with Gasteiger partial charge in [0.15, 0.2) is 0 Å². The van der Waals surface area contributed by atoms with Crippen LogP contribution >= 0.6 is 0 Å². The van der Waals surface area contributed by atoms with Gasteiger partial charge in [-0.3, -0.25) is 0 Å². The molecule has 0 aromatic rings. The van der Waals surface area contributed by atoms with E-state index in [2.05, 4.69) is 11.8 Å². The molecular formula is C18H20. The van der Waals surface area contributed by atoms with E-state index in [4.69, 9.17) is 12.8 Å². The smallest absolute Gasteiger partial charge is 0.0377 e. The van der Waals surface area contributed by atoms with Crippen LogP contribution < -0.4 is 0 Å². The molecule has 0 heterocycles. The molecule has 0 aliphatic heterocycles. The van der Waals surface area contributed by atoms with Crippen molar-refractivity contribution in [3.8, 4) is 24.7 Å². The van der Waals surface area contributed by atoms with Crippen molar-refractivity contribution in [2.24, 2.45) is 46.3 Å². The highest BCUT2D eigenvalue weighted by Crippen LogP contribution is 2.78. The van der Waals surface area contributed by atoms with Crippen molar-refractivity contribution in [2.75, 3.05) is 0 Å². The van der Waals surface area contributed by atoms with Crippen LogP contribution in [0.25, 0.3) is 0 Å². The second kappa shape index (κ2) is 2.67. The van der Waals surface area contributed by atoms with Crippen molar-refractivity contribution in [3.63, 3.8) is 0 Å². The van der Waals surface area contributed by atoms with Crippen LogP contribution in [-0.4, -0.2) is 0 Å². The molecule has 4 unspecified atom stereocenters. The minimum absolute atomic E-state index is 0.248. The maximum atomic E-state index is 6.06. The zero-order valence-electron chi connectivity index (χ0n) is 10.9. The molecule has 0 heteroatoms. The van der Waals surface area contributed by atoms with E-state index in [0.717, 1.165) is 35.5 Å². The maximum absolute atomic E-state index is 6.06. The molecule has 0 nitrogen and oxygen atoms in total. The summed E-state index contributed by atoms with van der Waals surface area (Å²) in [5, 5.41) is 0. The van der Waals surface area contributed by atoms with E-state index >= 15 is 0 Å². The summed E-state index contributed by atoms with van der Waals surface area (Å²) in [6, 6.07) is 0. The van der Waals surface area contributed by atoms with Gasteiger partial charge in [0.2, 0.25) is 0 Å². The van der Waals surface area contributed by atoms with Crippen molar-refractivity contribution in [2.45, 2.75) is 38.5 Å². The molecule has 7 aliphatic rings. The quantitative estimate of drug-likeness (QED) is 0.566. The first kappa shape index (κ1) is 9.97. The molecule has 4 atom stereocenters. The lowest BCUT2D eigenvalue weighted by atomic mass is 9.29. The molecule has 0 saturated heterocycles. The zero-order chi connectivity index (χ0) is 12.1. The Morgan fingerprint density at radius 2 is 1.44 bits per heavy atom. The third-order valence-electron chi connectivity index (χ3n) is 7.72. The first-order chi connectivity index (χ1) is 8.71. The Hall–Kier alpha value is -0.880.